The number of rotatable bonds is 10. The van der Waals surface area contributed by atoms with Crippen molar-refractivity contribution in [3.05, 3.63) is 41.5 Å². The average Bonchev–Trinajstić information content (AvgIpc) is 3.23. The fourth-order valence-electron chi connectivity index (χ4n) is 3.44. The van der Waals surface area contributed by atoms with Crippen molar-refractivity contribution in [1.29, 1.82) is 0 Å². The molecule has 1 saturated heterocycles. The predicted octanol–water partition coefficient (Wildman–Crippen LogP) is 2.27. The molecule has 2 heterocycles. The van der Waals surface area contributed by atoms with E-state index in [-0.39, 0.29) is 11.7 Å². The molecule has 0 spiro atoms. The second kappa shape index (κ2) is 11.3. The van der Waals surface area contributed by atoms with Crippen molar-refractivity contribution in [2.45, 2.75) is 19.8 Å². The highest BCUT2D eigenvalue weighted by atomic mass is 32.1. The van der Waals surface area contributed by atoms with Crippen LogP contribution in [0, 0.1) is 5.82 Å². The second-order valence-electron chi connectivity index (χ2n) is 7.34. The van der Waals surface area contributed by atoms with Crippen molar-refractivity contribution in [3.63, 3.8) is 0 Å². The van der Waals surface area contributed by atoms with E-state index in [4.69, 9.17) is 4.74 Å². The number of nitrogens with zero attached hydrogens (tertiary/aromatic N) is 5. The van der Waals surface area contributed by atoms with Gasteiger partial charge in [-0.15, -0.1) is 0 Å². The summed E-state index contributed by atoms with van der Waals surface area (Å²) in [6.45, 7) is 8.45. The molecule has 0 atom stereocenters. The molecule has 0 radical (unpaired) electrons. The maximum atomic E-state index is 13.1. The number of ether oxygens (including phenoxy) is 1. The number of amides is 1. The standard InChI is InChI=1S/C21H30FN5O2S/c1-3-25-10-12-26(13-11-25)20(28)8-9-27(14-15-29-2)21-23-19(24-30-21)16-17-4-6-18(22)7-5-17/h4-7H,3,8-16H2,1-2H3. The molecule has 1 aromatic carbocycles. The zero-order chi connectivity index (χ0) is 21.3. The summed E-state index contributed by atoms with van der Waals surface area (Å²) in [6, 6.07) is 6.38. The van der Waals surface area contributed by atoms with Crippen LogP contribution in [0.15, 0.2) is 24.3 Å². The topological polar surface area (TPSA) is 61.8 Å². The van der Waals surface area contributed by atoms with Gasteiger partial charge in [0.2, 0.25) is 11.0 Å². The van der Waals surface area contributed by atoms with Crippen molar-refractivity contribution in [3.8, 4) is 0 Å². The third-order valence-electron chi connectivity index (χ3n) is 5.34. The molecule has 1 fully saturated rings. The van der Waals surface area contributed by atoms with Crippen LogP contribution >= 0.6 is 11.5 Å². The summed E-state index contributed by atoms with van der Waals surface area (Å²) in [5, 5.41) is 0.785. The molecule has 0 N–H and O–H groups in total. The van der Waals surface area contributed by atoms with Crippen LogP contribution in [0.4, 0.5) is 9.52 Å². The van der Waals surface area contributed by atoms with Crippen molar-refractivity contribution >= 4 is 22.6 Å². The smallest absolute Gasteiger partial charge is 0.224 e. The minimum absolute atomic E-state index is 0.184. The molecule has 1 aliphatic heterocycles. The first-order valence-electron chi connectivity index (χ1n) is 10.4. The number of methoxy groups -OCH3 is 1. The molecule has 1 aromatic heterocycles. The molecule has 9 heteroatoms. The number of carbonyl (C=O) groups excluding carboxylic acids is 1. The van der Waals surface area contributed by atoms with Gasteiger partial charge in [0, 0.05) is 70.8 Å². The molecule has 3 rings (SSSR count). The maximum absolute atomic E-state index is 13.1. The first-order chi connectivity index (χ1) is 14.6. The van der Waals surface area contributed by atoms with Crippen LogP contribution in [0.3, 0.4) is 0 Å². The lowest BCUT2D eigenvalue weighted by atomic mass is 10.1. The molecule has 164 valence electrons. The molecule has 0 aliphatic carbocycles. The first-order valence-corrected chi connectivity index (χ1v) is 11.2. The Kier molecular flexibility index (Phi) is 8.53. The van der Waals surface area contributed by atoms with Gasteiger partial charge in [0.15, 0.2) is 0 Å². The van der Waals surface area contributed by atoms with E-state index in [1.54, 1.807) is 19.2 Å². The minimum atomic E-state index is -0.253. The van der Waals surface area contributed by atoms with Crippen molar-refractivity contribution in [1.82, 2.24) is 19.2 Å². The number of carbonyl (C=O) groups is 1. The average molecular weight is 436 g/mol. The van der Waals surface area contributed by atoms with Gasteiger partial charge in [-0.05, 0) is 24.2 Å². The lowest BCUT2D eigenvalue weighted by Crippen LogP contribution is -2.49. The molecule has 30 heavy (non-hydrogen) atoms. The van der Waals surface area contributed by atoms with E-state index in [1.165, 1.54) is 23.7 Å². The second-order valence-corrected chi connectivity index (χ2v) is 8.07. The SMILES string of the molecule is CCN1CCN(C(=O)CCN(CCOC)c2nc(Cc3ccc(F)cc3)ns2)CC1. The van der Waals surface area contributed by atoms with E-state index in [9.17, 15) is 9.18 Å². The van der Waals surface area contributed by atoms with Gasteiger partial charge in [0.25, 0.3) is 0 Å². The van der Waals surface area contributed by atoms with Gasteiger partial charge in [-0.3, -0.25) is 4.79 Å². The van der Waals surface area contributed by atoms with E-state index in [2.05, 4.69) is 26.1 Å². The number of hydrogen-bond donors (Lipinski definition) is 0. The van der Waals surface area contributed by atoms with E-state index < -0.39 is 0 Å². The van der Waals surface area contributed by atoms with Crippen LogP contribution in [-0.2, 0) is 16.0 Å². The molecular formula is C21H30FN5O2S. The van der Waals surface area contributed by atoms with Crippen molar-refractivity contribution in [2.75, 3.05) is 64.4 Å². The lowest BCUT2D eigenvalue weighted by Gasteiger charge is -2.34. The van der Waals surface area contributed by atoms with Gasteiger partial charge >= 0.3 is 0 Å². The summed E-state index contributed by atoms with van der Waals surface area (Å²) >= 11 is 1.32. The van der Waals surface area contributed by atoms with Crippen molar-refractivity contribution < 1.29 is 13.9 Å². The highest BCUT2D eigenvalue weighted by Crippen LogP contribution is 2.20. The number of anilines is 1. The summed E-state index contributed by atoms with van der Waals surface area (Å²) in [5.74, 6) is 0.632. The Morgan fingerprint density at radius 2 is 1.93 bits per heavy atom. The van der Waals surface area contributed by atoms with E-state index in [1.807, 2.05) is 4.90 Å². The molecule has 7 nitrogen and oxygen atoms in total. The van der Waals surface area contributed by atoms with Crippen LogP contribution in [0.1, 0.15) is 24.7 Å². The highest BCUT2D eigenvalue weighted by molar-refractivity contribution is 7.09. The summed E-state index contributed by atoms with van der Waals surface area (Å²) in [4.78, 5) is 23.7. The van der Waals surface area contributed by atoms with Crippen LogP contribution in [-0.4, -0.2) is 84.6 Å². The van der Waals surface area contributed by atoms with Crippen LogP contribution in [0.25, 0.3) is 0 Å². The first kappa shape index (κ1) is 22.6. The molecule has 0 saturated carbocycles. The number of halogens is 1. The van der Waals surface area contributed by atoms with Gasteiger partial charge in [0.05, 0.1) is 6.61 Å². The summed E-state index contributed by atoms with van der Waals surface area (Å²) in [6.07, 6.45) is 0.998. The number of benzene rings is 1. The Bertz CT molecular complexity index is 793. The number of aromatic nitrogens is 2. The van der Waals surface area contributed by atoms with Gasteiger partial charge < -0.3 is 19.4 Å². The molecule has 2 aromatic rings. The van der Waals surface area contributed by atoms with E-state index in [0.29, 0.717) is 38.4 Å². The quantitative estimate of drug-likeness (QED) is 0.571. The number of hydrogen-bond acceptors (Lipinski definition) is 7. The van der Waals surface area contributed by atoms with E-state index in [0.717, 1.165) is 43.4 Å². The maximum Gasteiger partial charge on any atom is 0.224 e. The highest BCUT2D eigenvalue weighted by Gasteiger charge is 2.21. The molecular weight excluding hydrogens is 405 g/mol. The minimum Gasteiger partial charge on any atom is -0.383 e. The van der Waals surface area contributed by atoms with E-state index >= 15 is 0 Å². The Hall–Kier alpha value is -2.10. The summed E-state index contributed by atoms with van der Waals surface area (Å²) in [5.41, 5.74) is 0.964. The van der Waals surface area contributed by atoms with Gasteiger partial charge in [0.1, 0.15) is 11.6 Å². The Morgan fingerprint density at radius 3 is 2.60 bits per heavy atom. The van der Waals surface area contributed by atoms with Gasteiger partial charge in [-0.25, -0.2) is 9.37 Å². The summed E-state index contributed by atoms with van der Waals surface area (Å²) in [7, 11) is 1.66. The summed E-state index contributed by atoms with van der Waals surface area (Å²) < 4.78 is 22.8. The third kappa shape index (κ3) is 6.45. The Labute approximate surface area is 181 Å². The molecule has 1 aliphatic rings. The normalized spacial score (nSPS) is 14.8. The molecule has 0 unspecified atom stereocenters. The Morgan fingerprint density at radius 1 is 1.20 bits per heavy atom. The predicted molar refractivity (Wildman–Crippen MR) is 117 cm³/mol. The third-order valence-corrected chi connectivity index (χ3v) is 6.15. The number of piperazine rings is 1. The van der Waals surface area contributed by atoms with Gasteiger partial charge in [-0.1, -0.05) is 19.1 Å². The van der Waals surface area contributed by atoms with Gasteiger partial charge in [-0.2, -0.15) is 4.37 Å². The van der Waals surface area contributed by atoms with Crippen LogP contribution in [0.2, 0.25) is 0 Å². The Balaban J connectivity index is 1.56. The monoisotopic (exact) mass is 435 g/mol. The van der Waals surface area contributed by atoms with Crippen molar-refractivity contribution in [2.24, 2.45) is 0 Å². The largest absolute Gasteiger partial charge is 0.383 e. The van der Waals surface area contributed by atoms with Crippen LogP contribution < -0.4 is 4.90 Å². The fourth-order valence-corrected chi connectivity index (χ4v) is 4.17. The number of likely N-dealkylation sites (N-methyl/N-ethyl adjacent to an activating group) is 1. The fraction of sp³-hybridized carbons (Fsp3) is 0.571. The van der Waals surface area contributed by atoms with Crippen LogP contribution in [0.5, 0.6) is 0 Å². The molecule has 1 amide bonds. The lowest BCUT2D eigenvalue weighted by molar-refractivity contribution is -0.132. The zero-order valence-corrected chi connectivity index (χ0v) is 18.5. The zero-order valence-electron chi connectivity index (χ0n) is 17.7. The molecule has 0 bridgehead atoms.